The van der Waals surface area contributed by atoms with E-state index in [1.807, 2.05) is 79.4 Å². The van der Waals surface area contributed by atoms with Crippen LogP contribution in [0.2, 0.25) is 0 Å². The normalized spacial score (nSPS) is 13.9. The van der Waals surface area contributed by atoms with E-state index in [9.17, 15) is 24.6 Å². The highest BCUT2D eigenvalue weighted by atomic mass is 16.3. The second-order valence-electron chi connectivity index (χ2n) is 12.9. The van der Waals surface area contributed by atoms with Crippen molar-refractivity contribution in [3.8, 4) is 28.6 Å². The fraction of sp³-hybridized carbons (Fsp3) is 0.216. The van der Waals surface area contributed by atoms with Crippen LogP contribution in [0.15, 0.2) is 76.4 Å². The molecule has 0 radical (unpaired) electrons. The summed E-state index contributed by atoms with van der Waals surface area (Å²) in [6.07, 6.45) is 5.38. The summed E-state index contributed by atoms with van der Waals surface area (Å²) in [7, 11) is 0. The molecule has 51 heavy (non-hydrogen) atoms. The molecule has 1 saturated heterocycles. The minimum Gasteiger partial charge on any atom is -0.508 e. The highest BCUT2D eigenvalue weighted by Gasteiger charge is 2.23. The Hall–Kier alpha value is -6.41. The lowest BCUT2D eigenvalue weighted by Crippen LogP contribution is -2.48. The SMILES string of the molecule is CC(C)c1cc(-c2n[nH]c(=O)n2-c2ccc(CN3CCN(C(=O)c4ccc(C=Cc5c[nH]c6nc(N)[nH]c(=O)c56)cc4)CC3)cc2)c(O)cc1O. The number of hydrogen-bond acceptors (Lipinski definition) is 9. The third-order valence-electron chi connectivity index (χ3n) is 9.14. The first kappa shape index (κ1) is 33.1. The van der Waals surface area contributed by atoms with E-state index in [1.54, 1.807) is 12.3 Å². The predicted octanol–water partition coefficient (Wildman–Crippen LogP) is 4.04. The first-order valence-corrected chi connectivity index (χ1v) is 16.6. The summed E-state index contributed by atoms with van der Waals surface area (Å²) in [5, 5.41) is 28.0. The Morgan fingerprint density at radius 1 is 0.961 bits per heavy atom. The molecule has 14 heteroatoms. The first-order chi connectivity index (χ1) is 24.5. The number of phenols is 2. The number of H-pyrrole nitrogens is 3. The lowest BCUT2D eigenvalue weighted by molar-refractivity contribution is 0.0628. The van der Waals surface area contributed by atoms with Gasteiger partial charge in [-0.1, -0.05) is 50.3 Å². The van der Waals surface area contributed by atoms with E-state index in [2.05, 4.69) is 30.0 Å². The average Bonchev–Trinajstić information content (AvgIpc) is 3.71. The Bertz CT molecular complexity index is 2380. The van der Waals surface area contributed by atoms with Crippen molar-refractivity contribution >= 4 is 35.0 Å². The fourth-order valence-corrected chi connectivity index (χ4v) is 6.39. The maximum atomic E-state index is 13.3. The zero-order chi connectivity index (χ0) is 35.8. The van der Waals surface area contributed by atoms with Crippen LogP contribution < -0.4 is 17.0 Å². The second-order valence-corrected chi connectivity index (χ2v) is 12.9. The smallest absolute Gasteiger partial charge is 0.348 e. The molecule has 0 spiro atoms. The van der Waals surface area contributed by atoms with Crippen molar-refractivity contribution in [3.05, 3.63) is 116 Å². The van der Waals surface area contributed by atoms with Gasteiger partial charge in [0.1, 0.15) is 17.1 Å². The number of aromatic amines is 3. The molecule has 3 aromatic carbocycles. The van der Waals surface area contributed by atoms with Gasteiger partial charge in [0.15, 0.2) is 5.82 Å². The molecule has 0 aliphatic carbocycles. The molecule has 0 saturated carbocycles. The van der Waals surface area contributed by atoms with Crippen molar-refractivity contribution in [1.29, 1.82) is 0 Å². The lowest BCUT2D eigenvalue weighted by atomic mass is 9.98. The fourth-order valence-electron chi connectivity index (χ4n) is 6.39. The van der Waals surface area contributed by atoms with E-state index < -0.39 is 5.69 Å². The van der Waals surface area contributed by atoms with E-state index in [1.165, 1.54) is 10.6 Å². The number of rotatable bonds is 8. The predicted molar refractivity (Wildman–Crippen MR) is 195 cm³/mol. The van der Waals surface area contributed by atoms with Gasteiger partial charge >= 0.3 is 5.69 Å². The molecule has 0 atom stereocenters. The number of nitrogens with two attached hydrogens (primary N) is 1. The van der Waals surface area contributed by atoms with Crippen LogP contribution in [0, 0.1) is 0 Å². The summed E-state index contributed by atoms with van der Waals surface area (Å²) in [5.41, 5.74) is 10.1. The van der Waals surface area contributed by atoms with Gasteiger partial charge in [-0.05, 0) is 52.9 Å². The zero-order valence-corrected chi connectivity index (χ0v) is 28.1. The monoisotopic (exact) mass is 687 g/mol. The largest absolute Gasteiger partial charge is 0.508 e. The Balaban J connectivity index is 0.962. The number of nitrogen functional groups attached to an aromatic ring is 1. The standard InChI is InChI=1S/C37H37N9O5/c1-21(2)27-17-28(30(48)18-29(27)47)33-42-43-37(51)46(33)26-11-6-23(7-12-26)20-44-13-15-45(16-14-44)35(50)24-8-3-22(4-9-24)5-10-25-19-39-32-31(25)34(49)41-36(38)40-32/h3-12,17-19,21,47-48H,13-16,20H2,1-2H3,(H,43,51)(H4,38,39,40,41,49). The lowest BCUT2D eigenvalue weighted by Gasteiger charge is -2.34. The van der Waals surface area contributed by atoms with Crippen molar-refractivity contribution in [1.82, 2.24) is 39.5 Å². The summed E-state index contributed by atoms with van der Waals surface area (Å²) < 4.78 is 1.40. The van der Waals surface area contributed by atoms with Gasteiger partial charge in [-0.2, -0.15) is 10.1 Å². The van der Waals surface area contributed by atoms with Crippen LogP contribution in [-0.4, -0.2) is 81.8 Å². The summed E-state index contributed by atoms with van der Waals surface area (Å²) in [4.78, 5) is 52.2. The number of benzene rings is 3. The topological polar surface area (TPSA) is 202 Å². The van der Waals surface area contributed by atoms with Crippen LogP contribution >= 0.6 is 0 Å². The van der Waals surface area contributed by atoms with Crippen molar-refractivity contribution in [3.63, 3.8) is 0 Å². The number of phenolic OH excluding ortho intramolecular Hbond substituents is 2. The van der Waals surface area contributed by atoms with E-state index in [4.69, 9.17) is 5.73 Å². The summed E-state index contributed by atoms with van der Waals surface area (Å²) >= 11 is 0. The molecule has 7 N–H and O–H groups in total. The van der Waals surface area contributed by atoms with Crippen LogP contribution in [0.25, 0.3) is 40.3 Å². The highest BCUT2D eigenvalue weighted by molar-refractivity contribution is 5.95. The molecule has 3 aromatic heterocycles. The number of aromatic nitrogens is 6. The first-order valence-electron chi connectivity index (χ1n) is 16.6. The Kier molecular flexibility index (Phi) is 8.75. The van der Waals surface area contributed by atoms with Gasteiger partial charge in [0.05, 0.1) is 16.6 Å². The molecule has 260 valence electrons. The minimum atomic E-state index is -0.449. The molecule has 0 unspecified atom stereocenters. The molecule has 1 fully saturated rings. The molecule has 1 aliphatic heterocycles. The van der Waals surface area contributed by atoms with Gasteiger partial charge in [-0.25, -0.2) is 14.5 Å². The van der Waals surface area contributed by atoms with Gasteiger partial charge in [-0.3, -0.25) is 19.5 Å². The van der Waals surface area contributed by atoms with Crippen LogP contribution in [0.1, 0.15) is 52.4 Å². The van der Waals surface area contributed by atoms with E-state index in [0.29, 0.717) is 71.7 Å². The summed E-state index contributed by atoms with van der Waals surface area (Å²) in [5.74, 6) is 0.0685. The molecule has 4 heterocycles. The third-order valence-corrected chi connectivity index (χ3v) is 9.14. The van der Waals surface area contributed by atoms with E-state index in [-0.39, 0.29) is 40.7 Å². The van der Waals surface area contributed by atoms with Crippen molar-refractivity contribution in [2.24, 2.45) is 0 Å². The van der Waals surface area contributed by atoms with Crippen molar-refractivity contribution < 1.29 is 15.0 Å². The van der Waals surface area contributed by atoms with E-state index in [0.717, 1.165) is 11.1 Å². The molecule has 1 amide bonds. The molecule has 7 rings (SSSR count). The van der Waals surface area contributed by atoms with Crippen LogP contribution in [0.3, 0.4) is 0 Å². The molecule has 6 aromatic rings. The van der Waals surface area contributed by atoms with Gasteiger partial charge in [0.25, 0.3) is 11.5 Å². The van der Waals surface area contributed by atoms with Crippen molar-refractivity contribution in [2.75, 3.05) is 31.9 Å². The number of carbonyl (C=O) groups is 1. The van der Waals surface area contributed by atoms with Gasteiger partial charge in [0, 0.05) is 56.1 Å². The zero-order valence-electron chi connectivity index (χ0n) is 28.1. The third kappa shape index (κ3) is 6.64. The number of anilines is 1. The number of piperazine rings is 1. The Morgan fingerprint density at radius 2 is 1.69 bits per heavy atom. The molecular formula is C37H37N9O5. The Morgan fingerprint density at radius 3 is 2.39 bits per heavy atom. The van der Waals surface area contributed by atoms with Crippen LogP contribution in [-0.2, 0) is 6.54 Å². The molecule has 14 nitrogen and oxygen atoms in total. The summed E-state index contributed by atoms with van der Waals surface area (Å²) in [6, 6.07) is 17.9. The number of carbonyl (C=O) groups excluding carboxylic acids is 1. The van der Waals surface area contributed by atoms with Gasteiger partial charge < -0.3 is 25.8 Å². The highest BCUT2D eigenvalue weighted by Crippen LogP contribution is 2.37. The van der Waals surface area contributed by atoms with E-state index >= 15 is 0 Å². The number of fused-ring (bicyclic) bond motifs is 1. The van der Waals surface area contributed by atoms with Crippen molar-refractivity contribution in [2.45, 2.75) is 26.3 Å². The van der Waals surface area contributed by atoms with Gasteiger partial charge in [0.2, 0.25) is 5.95 Å². The van der Waals surface area contributed by atoms with Crippen LogP contribution in [0.5, 0.6) is 11.5 Å². The number of hydrogen-bond donors (Lipinski definition) is 6. The number of nitrogens with zero attached hydrogens (tertiary/aromatic N) is 5. The Labute approximate surface area is 291 Å². The number of amides is 1. The maximum Gasteiger partial charge on any atom is 0.348 e. The molecule has 1 aliphatic rings. The molecular weight excluding hydrogens is 650 g/mol. The molecule has 0 bridgehead atoms. The van der Waals surface area contributed by atoms with Gasteiger partial charge in [-0.15, -0.1) is 0 Å². The van der Waals surface area contributed by atoms with Crippen LogP contribution in [0.4, 0.5) is 5.95 Å². The maximum absolute atomic E-state index is 13.3. The summed E-state index contributed by atoms with van der Waals surface area (Å²) in [6.45, 7) is 7.14. The number of nitrogens with one attached hydrogen (secondary N) is 3. The quantitative estimate of drug-likeness (QED) is 0.137. The minimum absolute atomic E-state index is 0.00428. The average molecular weight is 688 g/mol. The number of aromatic hydroxyl groups is 2. The second kappa shape index (κ2) is 13.5.